The second kappa shape index (κ2) is 5.34. The van der Waals surface area contributed by atoms with Gasteiger partial charge >= 0.3 is 0 Å². The largest absolute Gasteiger partial charge is 0.326 e. The third-order valence-corrected chi connectivity index (χ3v) is 3.53. The molecule has 1 aromatic heterocycles. The van der Waals surface area contributed by atoms with E-state index in [4.69, 9.17) is 5.73 Å². The topological polar surface area (TPSA) is 65.1 Å². The van der Waals surface area contributed by atoms with Gasteiger partial charge in [0.15, 0.2) is 6.29 Å². The smallest absolute Gasteiger partial charge is 0.227 e. The highest BCUT2D eigenvalue weighted by molar-refractivity contribution is 6.36. The molecule has 0 radical (unpaired) electrons. The zero-order valence-corrected chi connectivity index (χ0v) is 11.3. The highest BCUT2D eigenvalue weighted by atomic mass is 16.2. The number of ketones is 1. The number of fused-ring (bicyclic) bond motifs is 1. The molecule has 0 saturated heterocycles. The number of carbonyl (C=O) groups is 2. The fourth-order valence-electron chi connectivity index (χ4n) is 2.45. The lowest BCUT2D eigenvalue weighted by molar-refractivity contribution is -0.104. The van der Waals surface area contributed by atoms with E-state index in [-0.39, 0.29) is 0 Å². The van der Waals surface area contributed by atoms with Crippen LogP contribution in [0.5, 0.6) is 0 Å². The Morgan fingerprint density at radius 2 is 1.81 bits per heavy atom. The van der Waals surface area contributed by atoms with E-state index in [1.54, 1.807) is 6.20 Å². The number of hydrogen-bond donors (Lipinski definition) is 1. The first kappa shape index (κ1) is 13.3. The van der Waals surface area contributed by atoms with Crippen molar-refractivity contribution in [1.29, 1.82) is 0 Å². The molecular weight excluding hydrogens is 264 g/mol. The summed E-state index contributed by atoms with van der Waals surface area (Å²) >= 11 is 0. The van der Waals surface area contributed by atoms with Gasteiger partial charge in [0.2, 0.25) is 5.78 Å². The third kappa shape index (κ3) is 2.26. The van der Waals surface area contributed by atoms with E-state index in [1.807, 2.05) is 53.1 Å². The molecule has 1 heterocycles. The summed E-state index contributed by atoms with van der Waals surface area (Å²) < 4.78 is 1.91. The van der Waals surface area contributed by atoms with Crippen molar-refractivity contribution in [1.82, 2.24) is 4.57 Å². The van der Waals surface area contributed by atoms with Crippen molar-refractivity contribution in [3.63, 3.8) is 0 Å². The van der Waals surface area contributed by atoms with Crippen molar-refractivity contribution in [2.45, 2.75) is 6.54 Å². The van der Waals surface area contributed by atoms with E-state index in [1.165, 1.54) is 0 Å². The van der Waals surface area contributed by atoms with Crippen LogP contribution < -0.4 is 5.73 Å². The summed E-state index contributed by atoms with van der Waals surface area (Å²) in [5.41, 5.74) is 8.88. The summed E-state index contributed by atoms with van der Waals surface area (Å²) in [6.45, 7) is 0.488. The van der Waals surface area contributed by atoms with Crippen molar-refractivity contribution in [2.24, 2.45) is 5.73 Å². The van der Waals surface area contributed by atoms with Gasteiger partial charge in [-0.1, -0.05) is 30.3 Å². The summed E-state index contributed by atoms with van der Waals surface area (Å²) in [6.07, 6.45) is 2.06. The lowest BCUT2D eigenvalue weighted by Crippen LogP contribution is -1.99. The van der Waals surface area contributed by atoms with E-state index >= 15 is 0 Å². The molecule has 2 aromatic carbocycles. The van der Waals surface area contributed by atoms with Crippen LogP contribution in [0.3, 0.4) is 0 Å². The molecule has 104 valence electrons. The average Bonchev–Trinajstić information content (AvgIpc) is 2.94. The Labute approximate surface area is 121 Å². The Morgan fingerprint density at radius 1 is 1.10 bits per heavy atom. The van der Waals surface area contributed by atoms with Crippen LogP contribution in [0.2, 0.25) is 0 Å². The molecule has 0 spiro atoms. The minimum atomic E-state index is -0.511. The lowest BCUT2D eigenvalue weighted by Gasteiger charge is -2.06. The number of aromatic nitrogens is 1. The predicted octanol–water partition coefficient (Wildman–Crippen LogP) is 2.47. The number of nitrogens with two attached hydrogens (primary N) is 1. The van der Waals surface area contributed by atoms with Gasteiger partial charge in [-0.05, 0) is 23.8 Å². The minimum absolute atomic E-state index is 0.351. The second-order valence-electron chi connectivity index (χ2n) is 4.78. The van der Waals surface area contributed by atoms with Gasteiger partial charge in [-0.15, -0.1) is 0 Å². The average molecular weight is 278 g/mol. The van der Waals surface area contributed by atoms with Crippen molar-refractivity contribution < 1.29 is 9.59 Å². The lowest BCUT2D eigenvalue weighted by atomic mass is 10.1. The summed E-state index contributed by atoms with van der Waals surface area (Å²) in [6, 6.07) is 15.3. The van der Waals surface area contributed by atoms with E-state index in [0.717, 1.165) is 22.2 Å². The van der Waals surface area contributed by atoms with Crippen LogP contribution in [0, 0.1) is 0 Å². The molecule has 0 aliphatic rings. The van der Waals surface area contributed by atoms with Crippen molar-refractivity contribution in [2.75, 3.05) is 0 Å². The maximum atomic E-state index is 11.8. The maximum absolute atomic E-state index is 11.8. The molecule has 4 heteroatoms. The summed E-state index contributed by atoms with van der Waals surface area (Å²) in [5, 5.41) is 0.775. The first-order chi connectivity index (χ1) is 10.2. The predicted molar refractivity (Wildman–Crippen MR) is 81.6 cm³/mol. The van der Waals surface area contributed by atoms with Gasteiger partial charge in [0.1, 0.15) is 0 Å². The summed E-state index contributed by atoms with van der Waals surface area (Å²) in [5.74, 6) is -0.511. The SMILES string of the molecule is NCc1ccc(-n2cc(C(=O)C=O)c3ccccc32)cc1. The van der Waals surface area contributed by atoms with Gasteiger partial charge in [0, 0.05) is 23.8 Å². The van der Waals surface area contributed by atoms with Gasteiger partial charge < -0.3 is 10.3 Å². The van der Waals surface area contributed by atoms with Gasteiger partial charge in [0.25, 0.3) is 0 Å². The fraction of sp³-hybridized carbons (Fsp3) is 0.0588. The Bertz CT molecular complexity index is 816. The molecule has 0 aliphatic carbocycles. The number of carbonyl (C=O) groups excluding carboxylic acids is 2. The van der Waals surface area contributed by atoms with Crippen LogP contribution in [-0.2, 0) is 11.3 Å². The molecule has 21 heavy (non-hydrogen) atoms. The van der Waals surface area contributed by atoms with Gasteiger partial charge in [0.05, 0.1) is 11.1 Å². The third-order valence-electron chi connectivity index (χ3n) is 3.53. The van der Waals surface area contributed by atoms with Crippen molar-refractivity contribution in [3.8, 4) is 5.69 Å². The first-order valence-corrected chi connectivity index (χ1v) is 6.63. The standard InChI is InChI=1S/C17H14N2O2/c18-9-12-5-7-13(8-6-12)19-10-15(17(21)11-20)14-3-1-2-4-16(14)19/h1-8,10-11H,9,18H2. The highest BCUT2D eigenvalue weighted by Gasteiger charge is 2.14. The number of aldehydes is 1. The molecule has 0 bridgehead atoms. The Kier molecular flexibility index (Phi) is 3.38. The van der Waals surface area contributed by atoms with Gasteiger partial charge in [-0.25, -0.2) is 0 Å². The molecule has 4 nitrogen and oxygen atoms in total. The molecule has 0 unspecified atom stereocenters. The van der Waals surface area contributed by atoms with Gasteiger partial charge in [-0.2, -0.15) is 0 Å². The second-order valence-corrected chi connectivity index (χ2v) is 4.78. The molecule has 0 aliphatic heterocycles. The number of para-hydroxylation sites is 1. The van der Waals surface area contributed by atoms with Crippen LogP contribution >= 0.6 is 0 Å². The normalized spacial score (nSPS) is 10.7. The number of nitrogens with zero attached hydrogens (tertiary/aromatic N) is 1. The molecule has 2 N–H and O–H groups in total. The number of benzene rings is 2. The molecular formula is C17H14N2O2. The van der Waals surface area contributed by atoms with E-state index in [0.29, 0.717) is 18.4 Å². The van der Waals surface area contributed by atoms with Crippen LogP contribution in [0.4, 0.5) is 0 Å². The van der Waals surface area contributed by atoms with Crippen LogP contribution in [0.1, 0.15) is 15.9 Å². The number of hydrogen-bond acceptors (Lipinski definition) is 3. The minimum Gasteiger partial charge on any atom is -0.326 e. The Morgan fingerprint density at radius 3 is 2.48 bits per heavy atom. The molecule has 0 amide bonds. The molecule has 3 aromatic rings. The highest BCUT2D eigenvalue weighted by Crippen LogP contribution is 2.25. The zero-order chi connectivity index (χ0) is 14.8. The van der Waals surface area contributed by atoms with E-state index in [2.05, 4.69) is 0 Å². The summed E-state index contributed by atoms with van der Waals surface area (Å²) in [4.78, 5) is 22.6. The number of Topliss-reactive ketones (excluding diaryl/α,β-unsaturated/α-hetero) is 1. The molecule has 0 atom stereocenters. The summed E-state index contributed by atoms with van der Waals surface area (Å²) in [7, 11) is 0. The van der Waals surface area contributed by atoms with Crippen molar-refractivity contribution >= 4 is 23.0 Å². The molecule has 3 rings (SSSR count). The monoisotopic (exact) mass is 278 g/mol. The first-order valence-electron chi connectivity index (χ1n) is 6.63. The van der Waals surface area contributed by atoms with Crippen molar-refractivity contribution in [3.05, 3.63) is 65.9 Å². The zero-order valence-electron chi connectivity index (χ0n) is 11.3. The van der Waals surface area contributed by atoms with Crippen LogP contribution in [0.15, 0.2) is 54.7 Å². The van der Waals surface area contributed by atoms with E-state index in [9.17, 15) is 9.59 Å². The Balaban J connectivity index is 2.22. The quantitative estimate of drug-likeness (QED) is 0.453. The fourth-order valence-corrected chi connectivity index (χ4v) is 2.45. The molecule has 0 fully saturated rings. The van der Waals surface area contributed by atoms with Gasteiger partial charge in [-0.3, -0.25) is 9.59 Å². The maximum Gasteiger partial charge on any atom is 0.227 e. The van der Waals surface area contributed by atoms with E-state index < -0.39 is 5.78 Å². The Hall–Kier alpha value is -2.72. The van der Waals surface area contributed by atoms with Crippen LogP contribution in [0.25, 0.3) is 16.6 Å². The molecule has 0 saturated carbocycles. The number of rotatable bonds is 4. The van der Waals surface area contributed by atoms with Crippen LogP contribution in [-0.4, -0.2) is 16.6 Å².